The van der Waals surface area contributed by atoms with Crippen molar-refractivity contribution in [2.45, 2.75) is 11.3 Å². The van der Waals surface area contributed by atoms with Crippen molar-refractivity contribution in [1.29, 1.82) is 0 Å². The molecule has 0 saturated carbocycles. The maximum Gasteiger partial charge on any atom is 0.147 e. The highest BCUT2D eigenvalue weighted by molar-refractivity contribution is 8.00. The third-order valence-electron chi connectivity index (χ3n) is 2.47. The van der Waals surface area contributed by atoms with E-state index in [4.69, 9.17) is 23.2 Å². The first-order valence-corrected chi connectivity index (χ1v) is 7.38. The van der Waals surface area contributed by atoms with E-state index in [0.717, 1.165) is 10.5 Å². The van der Waals surface area contributed by atoms with E-state index < -0.39 is 0 Å². The molecule has 0 aliphatic carbocycles. The van der Waals surface area contributed by atoms with Crippen molar-refractivity contribution in [1.82, 2.24) is 4.98 Å². The van der Waals surface area contributed by atoms with Gasteiger partial charge in [-0.15, -0.1) is 11.8 Å². The van der Waals surface area contributed by atoms with Crippen molar-refractivity contribution in [3.63, 3.8) is 0 Å². The minimum atomic E-state index is 0.109. The zero-order chi connectivity index (χ0) is 13.7. The fourth-order valence-corrected chi connectivity index (χ4v) is 2.82. The Morgan fingerprint density at radius 1 is 1.16 bits per heavy atom. The second-order valence-corrected chi connectivity index (χ2v) is 5.73. The number of thioether (sulfide) groups is 1. The molecule has 1 aromatic heterocycles. The summed E-state index contributed by atoms with van der Waals surface area (Å²) in [5, 5.41) is 1.20. The molecule has 98 valence electrons. The van der Waals surface area contributed by atoms with Gasteiger partial charge in [0.15, 0.2) is 0 Å². The van der Waals surface area contributed by atoms with E-state index in [1.165, 1.54) is 11.8 Å². The number of ketones is 1. The van der Waals surface area contributed by atoms with Gasteiger partial charge < -0.3 is 0 Å². The van der Waals surface area contributed by atoms with Crippen LogP contribution in [0.5, 0.6) is 0 Å². The molecule has 1 heterocycles. The number of hydrogen-bond donors (Lipinski definition) is 0. The second kappa shape index (κ2) is 6.94. The molecule has 0 unspecified atom stereocenters. The average Bonchev–Trinajstić information content (AvgIpc) is 2.40. The summed E-state index contributed by atoms with van der Waals surface area (Å²) in [6, 6.07) is 9.25. The third-order valence-corrected chi connectivity index (χ3v) is 4.38. The summed E-state index contributed by atoms with van der Waals surface area (Å²) in [5.41, 5.74) is 0.807. The number of aromatic nitrogens is 1. The number of Topliss-reactive ketones (excluding diaryl/α,β-unsaturated/α-hetero) is 1. The van der Waals surface area contributed by atoms with E-state index in [1.807, 2.05) is 24.3 Å². The van der Waals surface area contributed by atoms with E-state index in [9.17, 15) is 4.79 Å². The Labute approximate surface area is 126 Å². The molecular weight excluding hydrogens is 301 g/mol. The van der Waals surface area contributed by atoms with Gasteiger partial charge in [-0.2, -0.15) is 0 Å². The van der Waals surface area contributed by atoms with Crippen molar-refractivity contribution in [2.75, 3.05) is 5.75 Å². The summed E-state index contributed by atoms with van der Waals surface area (Å²) in [7, 11) is 0. The molecule has 2 aromatic rings. The minimum absolute atomic E-state index is 0.109. The molecule has 19 heavy (non-hydrogen) atoms. The molecular formula is C14H11Cl2NOS. The normalized spacial score (nSPS) is 10.4. The number of nitrogens with zero attached hydrogens (tertiary/aromatic N) is 1. The van der Waals surface area contributed by atoms with Crippen LogP contribution in [0.3, 0.4) is 0 Å². The Morgan fingerprint density at radius 3 is 2.68 bits per heavy atom. The first-order chi connectivity index (χ1) is 9.16. The fourth-order valence-electron chi connectivity index (χ4n) is 1.53. The minimum Gasteiger partial charge on any atom is -0.298 e. The zero-order valence-corrected chi connectivity index (χ0v) is 12.3. The molecule has 0 aliphatic rings. The number of pyridine rings is 1. The zero-order valence-electron chi connectivity index (χ0n) is 9.98. The van der Waals surface area contributed by atoms with Crippen LogP contribution in [0.4, 0.5) is 0 Å². The summed E-state index contributed by atoms with van der Waals surface area (Å²) in [6.07, 6.45) is 3.50. The van der Waals surface area contributed by atoms with E-state index in [2.05, 4.69) is 4.98 Å². The standard InChI is InChI=1S/C14H11Cl2NOS/c15-12-3-1-2-4-14(12)19-9-11(18)7-10-5-6-17-8-13(10)16/h1-6,8H,7,9H2. The van der Waals surface area contributed by atoms with E-state index >= 15 is 0 Å². The molecule has 0 spiro atoms. The number of halogens is 2. The van der Waals surface area contributed by atoms with Crippen LogP contribution >= 0.6 is 35.0 Å². The van der Waals surface area contributed by atoms with Gasteiger partial charge in [0.1, 0.15) is 5.78 Å². The van der Waals surface area contributed by atoms with Crippen LogP contribution in [0.2, 0.25) is 10.0 Å². The Kier molecular flexibility index (Phi) is 5.25. The lowest BCUT2D eigenvalue weighted by molar-refractivity contribution is -0.116. The van der Waals surface area contributed by atoms with Crippen molar-refractivity contribution in [2.24, 2.45) is 0 Å². The van der Waals surface area contributed by atoms with Gasteiger partial charge in [-0.05, 0) is 23.8 Å². The second-order valence-electron chi connectivity index (χ2n) is 3.90. The molecule has 0 saturated heterocycles. The molecule has 2 rings (SSSR count). The molecule has 0 radical (unpaired) electrons. The summed E-state index contributed by atoms with van der Waals surface area (Å²) in [4.78, 5) is 16.7. The van der Waals surface area contributed by atoms with Gasteiger partial charge in [-0.3, -0.25) is 9.78 Å². The maximum atomic E-state index is 11.9. The van der Waals surface area contributed by atoms with Crippen LogP contribution in [-0.4, -0.2) is 16.5 Å². The molecule has 5 heteroatoms. The summed E-state index contributed by atoms with van der Waals surface area (Å²) >= 11 is 13.4. The van der Waals surface area contributed by atoms with Gasteiger partial charge in [0, 0.05) is 23.7 Å². The van der Waals surface area contributed by atoms with Crippen LogP contribution in [0.15, 0.2) is 47.6 Å². The van der Waals surface area contributed by atoms with Crippen LogP contribution in [0.25, 0.3) is 0 Å². The van der Waals surface area contributed by atoms with Gasteiger partial charge in [-0.1, -0.05) is 35.3 Å². The lowest BCUT2D eigenvalue weighted by atomic mass is 10.1. The molecule has 2 nitrogen and oxygen atoms in total. The summed E-state index contributed by atoms with van der Waals surface area (Å²) in [6.45, 7) is 0. The highest BCUT2D eigenvalue weighted by Crippen LogP contribution is 2.27. The van der Waals surface area contributed by atoms with Gasteiger partial charge in [-0.25, -0.2) is 0 Å². The van der Waals surface area contributed by atoms with E-state index in [0.29, 0.717) is 22.2 Å². The third kappa shape index (κ3) is 4.23. The average molecular weight is 312 g/mol. The molecule has 0 fully saturated rings. The van der Waals surface area contributed by atoms with Gasteiger partial charge >= 0.3 is 0 Å². The number of benzene rings is 1. The van der Waals surface area contributed by atoms with E-state index in [1.54, 1.807) is 18.5 Å². The van der Waals surface area contributed by atoms with Crippen LogP contribution in [0.1, 0.15) is 5.56 Å². The highest BCUT2D eigenvalue weighted by atomic mass is 35.5. The lowest BCUT2D eigenvalue weighted by Crippen LogP contribution is -2.06. The van der Waals surface area contributed by atoms with Gasteiger partial charge in [0.05, 0.1) is 15.8 Å². The molecule has 0 amide bonds. The van der Waals surface area contributed by atoms with Crippen molar-refractivity contribution in [3.8, 4) is 0 Å². The van der Waals surface area contributed by atoms with Crippen LogP contribution in [-0.2, 0) is 11.2 Å². The summed E-state index contributed by atoms with van der Waals surface area (Å²) in [5.74, 6) is 0.487. The Bertz CT molecular complexity index is 589. The van der Waals surface area contributed by atoms with Crippen molar-refractivity contribution in [3.05, 3.63) is 58.3 Å². The Hall–Kier alpha value is -1.03. The topological polar surface area (TPSA) is 30.0 Å². The molecule has 0 bridgehead atoms. The number of carbonyl (C=O) groups is 1. The van der Waals surface area contributed by atoms with E-state index in [-0.39, 0.29) is 5.78 Å². The molecule has 0 N–H and O–H groups in total. The van der Waals surface area contributed by atoms with Crippen LogP contribution in [0, 0.1) is 0 Å². The maximum absolute atomic E-state index is 11.9. The summed E-state index contributed by atoms with van der Waals surface area (Å²) < 4.78 is 0. The van der Waals surface area contributed by atoms with Gasteiger partial charge in [0.25, 0.3) is 0 Å². The lowest BCUT2D eigenvalue weighted by Gasteiger charge is -2.04. The Morgan fingerprint density at radius 2 is 1.95 bits per heavy atom. The highest BCUT2D eigenvalue weighted by Gasteiger charge is 2.09. The monoisotopic (exact) mass is 311 g/mol. The van der Waals surface area contributed by atoms with Gasteiger partial charge in [0.2, 0.25) is 0 Å². The largest absolute Gasteiger partial charge is 0.298 e. The van der Waals surface area contributed by atoms with Crippen molar-refractivity contribution >= 4 is 40.7 Å². The predicted molar refractivity (Wildman–Crippen MR) is 80.1 cm³/mol. The number of rotatable bonds is 5. The predicted octanol–water partition coefficient (Wildman–Crippen LogP) is 4.29. The van der Waals surface area contributed by atoms with Crippen molar-refractivity contribution < 1.29 is 4.79 Å². The molecule has 1 aromatic carbocycles. The molecule has 0 atom stereocenters. The smallest absolute Gasteiger partial charge is 0.147 e. The first kappa shape index (κ1) is 14.4. The molecule has 0 aliphatic heterocycles. The SMILES string of the molecule is O=C(CSc1ccccc1Cl)Cc1ccncc1Cl. The first-order valence-electron chi connectivity index (χ1n) is 5.64. The quantitative estimate of drug-likeness (QED) is 0.771. The fraction of sp³-hybridized carbons (Fsp3) is 0.143. The number of carbonyl (C=O) groups excluding carboxylic acids is 1. The van der Waals surface area contributed by atoms with Crippen LogP contribution < -0.4 is 0 Å². The Balaban J connectivity index is 1.92. The number of hydrogen-bond acceptors (Lipinski definition) is 3.